The number of thioether (sulfide) groups is 1. The van der Waals surface area contributed by atoms with E-state index < -0.39 is 0 Å². The first-order chi connectivity index (χ1) is 12.2. The van der Waals surface area contributed by atoms with Crippen LogP contribution >= 0.6 is 34.4 Å². The molecule has 2 heterocycles. The van der Waals surface area contributed by atoms with Gasteiger partial charge in [-0.05, 0) is 46.9 Å². The highest BCUT2D eigenvalue weighted by Gasteiger charge is 2.16. The number of benzene rings is 1. The van der Waals surface area contributed by atoms with E-state index in [9.17, 15) is 4.79 Å². The van der Waals surface area contributed by atoms with Crippen molar-refractivity contribution in [2.24, 2.45) is 0 Å². The van der Waals surface area contributed by atoms with E-state index in [1.165, 1.54) is 11.8 Å². The number of para-hydroxylation sites is 1. The number of allylic oxidation sites excluding steroid dienone is 1. The van der Waals surface area contributed by atoms with Crippen LogP contribution in [0.5, 0.6) is 0 Å². The summed E-state index contributed by atoms with van der Waals surface area (Å²) < 4.78 is 8.26. The summed E-state index contributed by atoms with van der Waals surface area (Å²) >= 11 is 3.51. The highest BCUT2D eigenvalue weighted by molar-refractivity contribution is 14.1. The molecule has 6 nitrogen and oxygen atoms in total. The van der Waals surface area contributed by atoms with Crippen LogP contribution in [-0.2, 0) is 11.3 Å². The Kier molecular flexibility index (Phi) is 5.92. The number of aromatic nitrogens is 3. The molecule has 0 saturated heterocycles. The van der Waals surface area contributed by atoms with Crippen LogP contribution in [0.1, 0.15) is 0 Å². The van der Waals surface area contributed by atoms with Gasteiger partial charge in [-0.1, -0.05) is 30.0 Å². The largest absolute Gasteiger partial charge is 0.461 e. The van der Waals surface area contributed by atoms with Gasteiger partial charge < -0.3 is 9.73 Å². The van der Waals surface area contributed by atoms with Gasteiger partial charge in [0.25, 0.3) is 0 Å². The minimum absolute atomic E-state index is 0.0955. The number of nitrogens with one attached hydrogen (secondary N) is 1. The van der Waals surface area contributed by atoms with Crippen molar-refractivity contribution in [3.63, 3.8) is 0 Å². The Morgan fingerprint density at radius 3 is 2.88 bits per heavy atom. The van der Waals surface area contributed by atoms with E-state index in [1.54, 1.807) is 18.4 Å². The Labute approximate surface area is 162 Å². The highest BCUT2D eigenvalue weighted by atomic mass is 127. The van der Waals surface area contributed by atoms with Gasteiger partial charge in [-0.25, -0.2) is 0 Å². The number of rotatable bonds is 7. The van der Waals surface area contributed by atoms with E-state index in [-0.39, 0.29) is 11.7 Å². The number of hydrogen-bond donors (Lipinski definition) is 1. The zero-order valence-corrected chi connectivity index (χ0v) is 16.2. The third-order valence-corrected chi connectivity index (χ3v) is 5.16. The first-order valence-corrected chi connectivity index (χ1v) is 9.50. The molecular formula is C17H15IN4O2S. The predicted molar refractivity (Wildman–Crippen MR) is 106 cm³/mol. The second kappa shape index (κ2) is 8.34. The van der Waals surface area contributed by atoms with Gasteiger partial charge in [0.2, 0.25) is 11.7 Å². The SMILES string of the molecule is C=CCn1c(SCC(=O)Nc2ccccc2I)nnc1-c1ccco1. The Bertz CT molecular complexity index is 877. The lowest BCUT2D eigenvalue weighted by molar-refractivity contribution is -0.113. The lowest BCUT2D eigenvalue weighted by Crippen LogP contribution is -2.15. The summed E-state index contributed by atoms with van der Waals surface area (Å²) in [6.45, 7) is 4.29. The maximum absolute atomic E-state index is 12.2. The molecule has 1 N–H and O–H groups in total. The van der Waals surface area contributed by atoms with Gasteiger partial charge in [-0.3, -0.25) is 9.36 Å². The fourth-order valence-corrected chi connectivity index (χ4v) is 3.43. The fourth-order valence-electron chi connectivity index (χ4n) is 2.16. The van der Waals surface area contributed by atoms with Crippen molar-refractivity contribution in [3.8, 4) is 11.6 Å². The van der Waals surface area contributed by atoms with Crippen LogP contribution < -0.4 is 5.32 Å². The van der Waals surface area contributed by atoms with E-state index in [0.29, 0.717) is 23.3 Å². The number of nitrogens with zero attached hydrogens (tertiary/aromatic N) is 3. The molecule has 1 amide bonds. The lowest BCUT2D eigenvalue weighted by Gasteiger charge is -2.08. The van der Waals surface area contributed by atoms with Gasteiger partial charge in [0.1, 0.15) is 0 Å². The second-order valence-electron chi connectivity index (χ2n) is 5.00. The first-order valence-electron chi connectivity index (χ1n) is 7.44. The minimum atomic E-state index is -0.0955. The van der Waals surface area contributed by atoms with E-state index >= 15 is 0 Å². The van der Waals surface area contributed by atoms with Gasteiger partial charge in [0.15, 0.2) is 10.9 Å². The molecule has 0 unspecified atom stereocenters. The highest BCUT2D eigenvalue weighted by Crippen LogP contribution is 2.25. The summed E-state index contributed by atoms with van der Waals surface area (Å²) in [5, 5.41) is 11.9. The second-order valence-corrected chi connectivity index (χ2v) is 7.10. The monoisotopic (exact) mass is 466 g/mol. The van der Waals surface area contributed by atoms with Crippen LogP contribution in [0.25, 0.3) is 11.6 Å². The maximum Gasteiger partial charge on any atom is 0.234 e. The van der Waals surface area contributed by atoms with Gasteiger partial charge in [0.05, 0.1) is 17.7 Å². The molecule has 0 atom stereocenters. The van der Waals surface area contributed by atoms with Crippen LogP contribution in [0.3, 0.4) is 0 Å². The van der Waals surface area contributed by atoms with Crippen molar-refractivity contribution < 1.29 is 9.21 Å². The molecule has 0 radical (unpaired) electrons. The normalized spacial score (nSPS) is 10.6. The smallest absolute Gasteiger partial charge is 0.234 e. The Hall–Kier alpha value is -2.07. The van der Waals surface area contributed by atoms with E-state index in [2.05, 4.69) is 44.7 Å². The van der Waals surface area contributed by atoms with Gasteiger partial charge in [0, 0.05) is 10.1 Å². The molecule has 3 aromatic rings. The molecular weight excluding hydrogens is 451 g/mol. The van der Waals surface area contributed by atoms with Crippen LogP contribution in [-0.4, -0.2) is 26.4 Å². The Morgan fingerprint density at radius 1 is 1.32 bits per heavy atom. The molecule has 0 saturated carbocycles. The molecule has 0 aliphatic carbocycles. The topological polar surface area (TPSA) is 73.0 Å². The molecule has 2 aromatic heterocycles. The summed E-state index contributed by atoms with van der Waals surface area (Å²) in [6.07, 6.45) is 3.34. The predicted octanol–water partition coefficient (Wildman–Crippen LogP) is 4.06. The van der Waals surface area contributed by atoms with Crippen molar-refractivity contribution in [1.82, 2.24) is 14.8 Å². The molecule has 25 heavy (non-hydrogen) atoms. The molecule has 0 fully saturated rings. The molecule has 0 aliphatic rings. The van der Waals surface area contributed by atoms with E-state index in [4.69, 9.17) is 4.42 Å². The summed E-state index contributed by atoms with van der Waals surface area (Å²) in [5.41, 5.74) is 0.803. The number of halogens is 1. The fraction of sp³-hybridized carbons (Fsp3) is 0.118. The van der Waals surface area contributed by atoms with Crippen LogP contribution in [0.2, 0.25) is 0 Å². The number of carbonyl (C=O) groups is 1. The van der Waals surface area contributed by atoms with Gasteiger partial charge in [-0.15, -0.1) is 16.8 Å². The maximum atomic E-state index is 12.2. The summed E-state index contributed by atoms with van der Waals surface area (Å²) in [5.74, 6) is 1.38. The summed E-state index contributed by atoms with van der Waals surface area (Å²) in [6, 6.07) is 11.3. The molecule has 0 spiro atoms. The quantitative estimate of drug-likeness (QED) is 0.323. The Balaban J connectivity index is 1.69. The summed E-state index contributed by atoms with van der Waals surface area (Å²) in [4.78, 5) is 12.2. The third-order valence-electron chi connectivity index (χ3n) is 3.25. The van der Waals surface area contributed by atoms with Gasteiger partial charge in [-0.2, -0.15) is 0 Å². The number of furan rings is 1. The van der Waals surface area contributed by atoms with Crippen molar-refractivity contribution in [1.29, 1.82) is 0 Å². The van der Waals surface area contributed by atoms with Crippen molar-refractivity contribution in [3.05, 3.63) is 58.9 Å². The number of amides is 1. The average molecular weight is 466 g/mol. The zero-order chi connectivity index (χ0) is 17.6. The molecule has 3 rings (SSSR count). The lowest BCUT2D eigenvalue weighted by atomic mass is 10.3. The van der Waals surface area contributed by atoms with Gasteiger partial charge >= 0.3 is 0 Å². The molecule has 8 heteroatoms. The summed E-state index contributed by atoms with van der Waals surface area (Å²) in [7, 11) is 0. The number of hydrogen-bond acceptors (Lipinski definition) is 5. The minimum Gasteiger partial charge on any atom is -0.461 e. The van der Waals surface area contributed by atoms with Crippen LogP contribution in [0.4, 0.5) is 5.69 Å². The zero-order valence-electron chi connectivity index (χ0n) is 13.2. The number of carbonyl (C=O) groups excluding carboxylic acids is 1. The van der Waals surface area contributed by atoms with Crippen LogP contribution in [0.15, 0.2) is 64.9 Å². The van der Waals surface area contributed by atoms with Crippen molar-refractivity contribution >= 4 is 45.9 Å². The standard InChI is InChI=1S/C17H15IN4O2S/c1-2-9-22-16(14-8-5-10-24-14)20-21-17(22)25-11-15(23)19-13-7-4-3-6-12(13)18/h2-8,10H,1,9,11H2,(H,19,23). The van der Waals surface area contributed by atoms with E-state index in [1.807, 2.05) is 34.9 Å². The van der Waals surface area contributed by atoms with E-state index in [0.717, 1.165) is 9.26 Å². The average Bonchev–Trinajstić information content (AvgIpc) is 3.25. The molecule has 1 aromatic carbocycles. The van der Waals surface area contributed by atoms with Crippen molar-refractivity contribution in [2.75, 3.05) is 11.1 Å². The van der Waals surface area contributed by atoms with Crippen LogP contribution in [0, 0.1) is 3.57 Å². The van der Waals surface area contributed by atoms with Crippen molar-refractivity contribution in [2.45, 2.75) is 11.7 Å². The first kappa shape index (κ1) is 17.7. The Morgan fingerprint density at radius 2 is 2.16 bits per heavy atom. The third kappa shape index (κ3) is 4.31. The molecule has 128 valence electrons. The molecule has 0 bridgehead atoms. The molecule has 0 aliphatic heterocycles. The number of anilines is 1.